The highest BCUT2D eigenvalue weighted by atomic mass is 16.5. The fourth-order valence-corrected chi connectivity index (χ4v) is 3.92. The van der Waals surface area contributed by atoms with Crippen molar-refractivity contribution in [1.29, 1.82) is 0 Å². The third-order valence-electron chi connectivity index (χ3n) is 5.24. The van der Waals surface area contributed by atoms with Gasteiger partial charge in [0.05, 0.1) is 18.8 Å². The first-order chi connectivity index (χ1) is 13.8. The van der Waals surface area contributed by atoms with E-state index >= 15 is 0 Å². The lowest BCUT2D eigenvalue weighted by Crippen LogP contribution is -2.37. The molecule has 0 fully saturated rings. The highest BCUT2D eigenvalue weighted by Crippen LogP contribution is 2.40. The van der Waals surface area contributed by atoms with Crippen LogP contribution < -0.4 is 0 Å². The highest BCUT2D eigenvalue weighted by molar-refractivity contribution is 5.47. The van der Waals surface area contributed by atoms with E-state index in [1.54, 1.807) is 0 Å². The van der Waals surface area contributed by atoms with Crippen LogP contribution in [0.5, 0.6) is 0 Å². The SMILES string of the molecule is C[C@H]1C=CC[C@@H](COC(c2ccccc2)(c2ccccc2)c2ccccc2)O1. The molecule has 142 valence electrons. The average Bonchev–Trinajstić information content (AvgIpc) is 2.77. The van der Waals surface area contributed by atoms with Crippen LogP contribution in [0.1, 0.15) is 30.0 Å². The maximum atomic E-state index is 6.82. The molecule has 0 aliphatic carbocycles. The second-order valence-electron chi connectivity index (χ2n) is 7.22. The van der Waals surface area contributed by atoms with Gasteiger partial charge in [-0.25, -0.2) is 0 Å². The zero-order valence-electron chi connectivity index (χ0n) is 16.2. The Balaban J connectivity index is 1.80. The lowest BCUT2D eigenvalue weighted by Gasteiger charge is -2.37. The lowest BCUT2D eigenvalue weighted by atomic mass is 9.80. The van der Waals surface area contributed by atoms with Crippen LogP contribution in [-0.2, 0) is 15.1 Å². The Hall–Kier alpha value is -2.68. The van der Waals surface area contributed by atoms with Gasteiger partial charge in [-0.15, -0.1) is 0 Å². The Bertz CT molecular complexity index is 791. The number of benzene rings is 3. The third kappa shape index (κ3) is 3.80. The first kappa shape index (κ1) is 18.7. The lowest BCUT2D eigenvalue weighted by molar-refractivity contribution is -0.0786. The molecule has 0 aromatic heterocycles. The van der Waals surface area contributed by atoms with Gasteiger partial charge in [0.1, 0.15) is 5.60 Å². The van der Waals surface area contributed by atoms with Crippen molar-refractivity contribution >= 4 is 0 Å². The maximum absolute atomic E-state index is 6.82. The normalized spacial score (nSPS) is 19.5. The molecule has 2 nitrogen and oxygen atoms in total. The van der Waals surface area contributed by atoms with E-state index in [9.17, 15) is 0 Å². The van der Waals surface area contributed by atoms with Gasteiger partial charge in [0.15, 0.2) is 0 Å². The van der Waals surface area contributed by atoms with Crippen molar-refractivity contribution in [3.63, 3.8) is 0 Å². The summed E-state index contributed by atoms with van der Waals surface area (Å²) < 4.78 is 12.9. The van der Waals surface area contributed by atoms with Gasteiger partial charge in [-0.3, -0.25) is 0 Å². The minimum absolute atomic E-state index is 0.0514. The van der Waals surface area contributed by atoms with E-state index in [-0.39, 0.29) is 12.2 Å². The summed E-state index contributed by atoms with van der Waals surface area (Å²) in [5.41, 5.74) is 2.67. The van der Waals surface area contributed by atoms with Crippen molar-refractivity contribution in [3.8, 4) is 0 Å². The van der Waals surface area contributed by atoms with Crippen molar-refractivity contribution in [2.45, 2.75) is 31.2 Å². The Morgan fingerprint density at radius 3 is 1.68 bits per heavy atom. The summed E-state index contributed by atoms with van der Waals surface area (Å²) in [6, 6.07) is 31.4. The Labute approximate surface area is 167 Å². The van der Waals surface area contributed by atoms with Crippen molar-refractivity contribution < 1.29 is 9.47 Å². The van der Waals surface area contributed by atoms with E-state index in [4.69, 9.17) is 9.47 Å². The largest absolute Gasteiger partial charge is 0.368 e. The third-order valence-corrected chi connectivity index (χ3v) is 5.24. The predicted octanol–water partition coefficient (Wildman–Crippen LogP) is 5.73. The van der Waals surface area contributed by atoms with E-state index in [1.165, 1.54) is 0 Å². The molecule has 0 unspecified atom stereocenters. The van der Waals surface area contributed by atoms with Crippen LogP contribution in [0, 0.1) is 0 Å². The van der Waals surface area contributed by atoms with Gasteiger partial charge >= 0.3 is 0 Å². The Morgan fingerprint density at radius 2 is 1.25 bits per heavy atom. The molecule has 4 rings (SSSR count). The van der Waals surface area contributed by atoms with E-state index in [1.807, 2.05) is 18.2 Å². The maximum Gasteiger partial charge on any atom is 0.143 e. The fourth-order valence-electron chi connectivity index (χ4n) is 3.92. The quantitative estimate of drug-likeness (QED) is 0.407. The summed E-state index contributed by atoms with van der Waals surface area (Å²) in [4.78, 5) is 0. The van der Waals surface area contributed by atoms with Gasteiger partial charge in [-0.2, -0.15) is 0 Å². The van der Waals surface area contributed by atoms with Crippen molar-refractivity contribution in [3.05, 3.63) is 120 Å². The molecule has 0 amide bonds. The van der Waals surface area contributed by atoms with Crippen molar-refractivity contribution in [2.75, 3.05) is 6.61 Å². The van der Waals surface area contributed by atoms with Crippen LogP contribution in [0.2, 0.25) is 0 Å². The van der Waals surface area contributed by atoms with Crippen LogP contribution in [0.15, 0.2) is 103 Å². The smallest absolute Gasteiger partial charge is 0.143 e. The minimum Gasteiger partial charge on any atom is -0.368 e. The number of hydrogen-bond acceptors (Lipinski definition) is 2. The van der Waals surface area contributed by atoms with Crippen molar-refractivity contribution in [2.24, 2.45) is 0 Å². The zero-order chi connectivity index (χ0) is 19.2. The van der Waals surface area contributed by atoms with Crippen LogP contribution >= 0.6 is 0 Å². The van der Waals surface area contributed by atoms with Crippen molar-refractivity contribution in [1.82, 2.24) is 0 Å². The molecule has 0 bridgehead atoms. The van der Waals surface area contributed by atoms with Gasteiger partial charge in [-0.1, -0.05) is 103 Å². The molecule has 3 aromatic carbocycles. The molecule has 0 N–H and O–H groups in total. The second-order valence-corrected chi connectivity index (χ2v) is 7.22. The van der Waals surface area contributed by atoms with E-state index in [2.05, 4.69) is 91.9 Å². The zero-order valence-corrected chi connectivity index (χ0v) is 16.2. The minimum atomic E-state index is -0.683. The molecule has 0 spiro atoms. The predicted molar refractivity (Wildman–Crippen MR) is 113 cm³/mol. The van der Waals surface area contributed by atoms with Gasteiger partial charge in [-0.05, 0) is 30.0 Å². The molecular weight excluding hydrogens is 344 g/mol. The second kappa shape index (κ2) is 8.55. The fraction of sp³-hybridized carbons (Fsp3) is 0.231. The van der Waals surface area contributed by atoms with Gasteiger partial charge in [0, 0.05) is 0 Å². The molecule has 0 saturated heterocycles. The summed E-state index contributed by atoms with van der Waals surface area (Å²) in [7, 11) is 0. The molecule has 2 heteroatoms. The summed E-state index contributed by atoms with van der Waals surface area (Å²) in [5, 5.41) is 0. The standard InChI is InChI=1S/C26H26O2/c1-21-12-11-19-25(28-21)20-27-26(22-13-5-2-6-14-22,23-15-7-3-8-16-23)24-17-9-4-10-18-24/h2-18,21,25H,19-20H2,1H3/t21-,25-/m0/s1. The van der Waals surface area contributed by atoms with Gasteiger partial charge < -0.3 is 9.47 Å². The molecule has 1 aliphatic rings. The average molecular weight is 370 g/mol. The summed E-state index contributed by atoms with van der Waals surface area (Å²) >= 11 is 0. The summed E-state index contributed by atoms with van der Waals surface area (Å²) in [6.07, 6.45) is 5.35. The molecular formula is C26H26O2. The summed E-state index contributed by atoms with van der Waals surface area (Å²) in [5.74, 6) is 0. The molecule has 28 heavy (non-hydrogen) atoms. The van der Waals surface area contributed by atoms with Crippen LogP contribution in [0.25, 0.3) is 0 Å². The molecule has 1 aliphatic heterocycles. The Morgan fingerprint density at radius 1 is 0.786 bits per heavy atom. The number of rotatable bonds is 6. The molecule has 2 atom stereocenters. The van der Waals surface area contributed by atoms with E-state index < -0.39 is 5.60 Å². The first-order valence-electron chi connectivity index (χ1n) is 9.92. The highest BCUT2D eigenvalue weighted by Gasteiger charge is 2.38. The topological polar surface area (TPSA) is 18.5 Å². The molecule has 3 aromatic rings. The Kier molecular flexibility index (Phi) is 5.70. The van der Waals surface area contributed by atoms with Crippen LogP contribution in [-0.4, -0.2) is 18.8 Å². The molecule has 0 saturated carbocycles. The van der Waals surface area contributed by atoms with Gasteiger partial charge in [0.25, 0.3) is 0 Å². The molecule has 1 heterocycles. The monoisotopic (exact) mass is 370 g/mol. The van der Waals surface area contributed by atoms with Gasteiger partial charge in [0.2, 0.25) is 0 Å². The molecule has 0 radical (unpaired) electrons. The first-order valence-corrected chi connectivity index (χ1v) is 9.92. The number of ether oxygens (including phenoxy) is 2. The number of hydrogen-bond donors (Lipinski definition) is 0. The van der Waals surface area contributed by atoms with E-state index in [0.717, 1.165) is 23.1 Å². The van der Waals surface area contributed by atoms with E-state index in [0.29, 0.717) is 6.61 Å². The van der Waals surface area contributed by atoms with Crippen LogP contribution in [0.4, 0.5) is 0 Å². The summed E-state index contributed by atoms with van der Waals surface area (Å²) in [6.45, 7) is 2.59. The van der Waals surface area contributed by atoms with Crippen LogP contribution in [0.3, 0.4) is 0 Å².